The smallest absolute Gasteiger partial charge is 0.160 e. The fourth-order valence-electron chi connectivity index (χ4n) is 7.82. The number of benzene rings is 6. The fourth-order valence-corrected chi connectivity index (χ4v) is 7.82. The fraction of sp³-hybridized carbons (Fsp3) is 0.130. The summed E-state index contributed by atoms with van der Waals surface area (Å²) in [6, 6.07) is 55.6. The van der Waals surface area contributed by atoms with Crippen molar-refractivity contribution in [3.05, 3.63) is 169 Å². The van der Waals surface area contributed by atoms with Gasteiger partial charge >= 0.3 is 0 Å². The van der Waals surface area contributed by atoms with Crippen molar-refractivity contribution in [1.29, 1.82) is 0 Å². The lowest BCUT2D eigenvalue weighted by Crippen LogP contribution is -2.30. The van der Waals surface area contributed by atoms with E-state index in [4.69, 9.17) is 19.9 Å². The van der Waals surface area contributed by atoms with E-state index >= 15 is 0 Å². The highest BCUT2D eigenvalue weighted by molar-refractivity contribution is 5.94. The molecule has 2 aromatic heterocycles. The predicted molar refractivity (Wildman–Crippen MR) is 205 cm³/mol. The molecule has 0 unspecified atom stereocenters. The van der Waals surface area contributed by atoms with Gasteiger partial charge in [0, 0.05) is 38.4 Å². The molecule has 0 radical (unpaired) electrons. The van der Waals surface area contributed by atoms with Gasteiger partial charge in [-0.3, -0.25) is 0 Å². The minimum Gasteiger partial charge on any atom is -0.228 e. The molecule has 240 valence electrons. The van der Waals surface area contributed by atoms with Crippen molar-refractivity contribution >= 4 is 21.8 Å². The lowest BCUT2D eigenvalue weighted by atomic mass is 9.65. The molecule has 0 atom stereocenters. The third-order valence-electron chi connectivity index (χ3n) is 10.4. The van der Waals surface area contributed by atoms with E-state index in [1.54, 1.807) is 0 Å². The molecular formula is C46H36N4. The summed E-state index contributed by atoms with van der Waals surface area (Å²) in [5.41, 5.74) is 10.8. The maximum absolute atomic E-state index is 5.12. The number of nitrogens with zero attached hydrogens (tertiary/aromatic N) is 4. The Hall–Kier alpha value is -6.00. The average molecular weight is 645 g/mol. The number of fused-ring (bicyclic) bond motifs is 2. The van der Waals surface area contributed by atoms with Crippen LogP contribution in [0.3, 0.4) is 0 Å². The maximum atomic E-state index is 5.12. The Kier molecular flexibility index (Phi) is 7.70. The third kappa shape index (κ3) is 5.43. The number of hydrogen-bond acceptors (Lipinski definition) is 4. The van der Waals surface area contributed by atoms with Crippen LogP contribution in [0.5, 0.6) is 0 Å². The second kappa shape index (κ2) is 12.8. The largest absolute Gasteiger partial charge is 0.228 e. The Labute approximate surface area is 292 Å². The summed E-state index contributed by atoms with van der Waals surface area (Å²) >= 11 is 0. The molecule has 4 heteroatoms. The van der Waals surface area contributed by atoms with E-state index in [-0.39, 0.29) is 5.41 Å². The molecule has 0 bridgehead atoms. The normalized spacial score (nSPS) is 14.2. The van der Waals surface area contributed by atoms with E-state index < -0.39 is 0 Å². The predicted octanol–water partition coefficient (Wildman–Crippen LogP) is 11.5. The van der Waals surface area contributed by atoms with Crippen molar-refractivity contribution in [2.24, 2.45) is 0 Å². The molecule has 4 nitrogen and oxygen atoms in total. The first kappa shape index (κ1) is 30.1. The summed E-state index contributed by atoms with van der Waals surface area (Å²) < 4.78 is 0. The molecule has 0 aliphatic heterocycles. The van der Waals surface area contributed by atoms with Gasteiger partial charge in [0.1, 0.15) is 0 Å². The molecule has 8 aromatic rings. The lowest BCUT2D eigenvalue weighted by molar-refractivity contribution is 0.346. The average Bonchev–Trinajstić information content (AvgIpc) is 3.21. The summed E-state index contributed by atoms with van der Waals surface area (Å²) in [6.07, 6.45) is 5.99. The molecule has 2 heterocycles. The monoisotopic (exact) mass is 644 g/mol. The zero-order valence-electron chi connectivity index (χ0n) is 27.8. The number of rotatable bonds is 6. The minimum absolute atomic E-state index is 0.0405. The maximum Gasteiger partial charge on any atom is 0.160 e. The SMILES string of the molecule is c1ccc(-c2nc(-c3ccc(C4(c5ccc(-c6nc(-c7ccccc7)nc7ccccc67)cc5)CCCCC4)cc3)c3ccccc3n2)cc1. The lowest BCUT2D eigenvalue weighted by Gasteiger charge is -2.39. The Morgan fingerprint density at radius 3 is 1.18 bits per heavy atom. The zero-order chi connectivity index (χ0) is 33.3. The minimum atomic E-state index is -0.0405. The van der Waals surface area contributed by atoms with E-state index in [0.29, 0.717) is 0 Å². The topological polar surface area (TPSA) is 51.6 Å². The summed E-state index contributed by atoms with van der Waals surface area (Å²) in [6.45, 7) is 0. The molecule has 1 saturated carbocycles. The Bertz CT molecular complexity index is 2260. The second-order valence-corrected chi connectivity index (χ2v) is 13.4. The molecule has 6 aromatic carbocycles. The molecule has 1 aliphatic carbocycles. The first-order valence-corrected chi connectivity index (χ1v) is 17.6. The first-order valence-electron chi connectivity index (χ1n) is 17.6. The number of aromatic nitrogens is 4. The van der Waals surface area contributed by atoms with Crippen molar-refractivity contribution < 1.29 is 0 Å². The molecule has 0 N–H and O–H groups in total. The van der Waals surface area contributed by atoms with Gasteiger partial charge in [-0.25, -0.2) is 19.9 Å². The van der Waals surface area contributed by atoms with E-state index in [1.807, 2.05) is 48.5 Å². The summed E-state index contributed by atoms with van der Waals surface area (Å²) in [5, 5.41) is 2.13. The van der Waals surface area contributed by atoms with E-state index in [2.05, 4.69) is 109 Å². The van der Waals surface area contributed by atoms with Crippen LogP contribution in [0.25, 0.3) is 67.1 Å². The summed E-state index contributed by atoms with van der Waals surface area (Å²) in [4.78, 5) is 20.1. The second-order valence-electron chi connectivity index (χ2n) is 13.4. The van der Waals surface area contributed by atoms with Gasteiger partial charge in [0.15, 0.2) is 11.6 Å². The molecular weight excluding hydrogens is 609 g/mol. The summed E-state index contributed by atoms with van der Waals surface area (Å²) in [5.74, 6) is 1.50. The van der Waals surface area contributed by atoms with Gasteiger partial charge in [-0.2, -0.15) is 0 Å². The van der Waals surface area contributed by atoms with Crippen molar-refractivity contribution in [3.8, 4) is 45.3 Å². The highest BCUT2D eigenvalue weighted by Gasteiger charge is 2.35. The van der Waals surface area contributed by atoms with Gasteiger partial charge in [-0.15, -0.1) is 0 Å². The van der Waals surface area contributed by atoms with Gasteiger partial charge in [0.05, 0.1) is 22.4 Å². The molecule has 1 fully saturated rings. The number of para-hydroxylation sites is 2. The van der Waals surface area contributed by atoms with Crippen LogP contribution in [-0.2, 0) is 5.41 Å². The highest BCUT2D eigenvalue weighted by Crippen LogP contribution is 2.46. The molecule has 9 rings (SSSR count). The van der Waals surface area contributed by atoms with E-state index in [9.17, 15) is 0 Å². The standard InChI is InChI=1S/C46H36N4/c1-4-14-34(15-5-1)44-47-40-20-10-8-18-38(40)42(49-44)32-22-26-36(27-23-32)46(30-12-3-13-31-46)37-28-24-33(25-29-37)43-39-19-9-11-21-41(39)48-45(50-43)35-16-6-2-7-17-35/h1-2,4-11,14-29H,3,12-13,30-31H2. The molecule has 1 aliphatic rings. The van der Waals surface area contributed by atoms with Crippen LogP contribution in [0.15, 0.2) is 158 Å². The van der Waals surface area contributed by atoms with Gasteiger partial charge < -0.3 is 0 Å². The van der Waals surface area contributed by atoms with Gasteiger partial charge in [-0.1, -0.05) is 165 Å². The molecule has 50 heavy (non-hydrogen) atoms. The highest BCUT2D eigenvalue weighted by atomic mass is 14.9. The van der Waals surface area contributed by atoms with Crippen LogP contribution >= 0.6 is 0 Å². The zero-order valence-corrected chi connectivity index (χ0v) is 27.8. The van der Waals surface area contributed by atoms with Crippen molar-refractivity contribution in [2.75, 3.05) is 0 Å². The number of hydrogen-bond donors (Lipinski definition) is 0. The van der Waals surface area contributed by atoms with Crippen LogP contribution in [0.4, 0.5) is 0 Å². The van der Waals surface area contributed by atoms with Crippen molar-refractivity contribution in [1.82, 2.24) is 19.9 Å². The van der Waals surface area contributed by atoms with Gasteiger partial charge in [0.25, 0.3) is 0 Å². The van der Waals surface area contributed by atoms with E-state index in [1.165, 1.54) is 30.4 Å². The van der Waals surface area contributed by atoms with Crippen LogP contribution < -0.4 is 0 Å². The van der Waals surface area contributed by atoms with Crippen molar-refractivity contribution in [2.45, 2.75) is 37.5 Å². The Morgan fingerprint density at radius 2 is 0.740 bits per heavy atom. The molecule has 0 amide bonds. The van der Waals surface area contributed by atoms with E-state index in [0.717, 1.165) is 79.9 Å². The van der Waals surface area contributed by atoms with Crippen molar-refractivity contribution in [3.63, 3.8) is 0 Å². The van der Waals surface area contributed by atoms with Crippen LogP contribution in [0.1, 0.15) is 43.2 Å². The summed E-state index contributed by atoms with van der Waals surface area (Å²) in [7, 11) is 0. The molecule has 0 spiro atoms. The third-order valence-corrected chi connectivity index (χ3v) is 10.4. The molecule has 0 saturated heterocycles. The quantitative estimate of drug-likeness (QED) is 0.181. The van der Waals surface area contributed by atoms with Gasteiger partial charge in [0.2, 0.25) is 0 Å². The van der Waals surface area contributed by atoms with Crippen LogP contribution in [-0.4, -0.2) is 19.9 Å². The van der Waals surface area contributed by atoms with Crippen LogP contribution in [0, 0.1) is 0 Å². The van der Waals surface area contributed by atoms with Crippen LogP contribution in [0.2, 0.25) is 0 Å². The Balaban J connectivity index is 1.10. The van der Waals surface area contributed by atoms with Gasteiger partial charge in [-0.05, 0) is 36.1 Å². The first-order chi connectivity index (χ1) is 24.7. The Morgan fingerprint density at radius 1 is 0.340 bits per heavy atom.